The van der Waals surface area contributed by atoms with Gasteiger partial charge >= 0.3 is 0 Å². The van der Waals surface area contributed by atoms with E-state index in [1.165, 1.54) is 0 Å². The lowest BCUT2D eigenvalue weighted by Gasteiger charge is -2.22. The Labute approximate surface area is 204 Å². The molecule has 0 aliphatic heterocycles. The molecule has 1 heterocycles. The van der Waals surface area contributed by atoms with Crippen molar-refractivity contribution in [1.82, 2.24) is 15.1 Å². The number of benzene rings is 3. The Bertz CT molecular complexity index is 1310. The van der Waals surface area contributed by atoms with Crippen LogP contribution in [-0.4, -0.2) is 40.0 Å². The maximum absolute atomic E-state index is 13.1. The monoisotopic (exact) mass is 468 g/mol. The predicted octanol–water partition coefficient (Wildman–Crippen LogP) is 5.51. The van der Waals surface area contributed by atoms with Crippen LogP contribution in [0.25, 0.3) is 22.9 Å². The Morgan fingerprint density at radius 1 is 0.857 bits per heavy atom. The van der Waals surface area contributed by atoms with E-state index in [1.807, 2.05) is 69.3 Å². The second-order valence-electron chi connectivity index (χ2n) is 8.45. The summed E-state index contributed by atoms with van der Waals surface area (Å²) in [4.78, 5) is 27.3. The highest BCUT2D eigenvalue weighted by molar-refractivity contribution is 5.99. The highest BCUT2D eigenvalue weighted by Crippen LogP contribution is 2.24. The average molecular weight is 469 g/mol. The van der Waals surface area contributed by atoms with Gasteiger partial charge in [-0.3, -0.25) is 9.59 Å². The van der Waals surface area contributed by atoms with Crippen molar-refractivity contribution < 1.29 is 14.0 Å². The first kappa shape index (κ1) is 23.9. The Hall–Kier alpha value is -4.26. The summed E-state index contributed by atoms with van der Waals surface area (Å²) in [6, 6.07) is 22.4. The van der Waals surface area contributed by atoms with Crippen LogP contribution in [0.1, 0.15) is 34.8 Å². The molecule has 4 aromatic rings. The van der Waals surface area contributed by atoms with Crippen molar-refractivity contribution in [2.24, 2.45) is 0 Å². The highest BCUT2D eigenvalue weighted by Gasteiger charge is 2.19. The van der Waals surface area contributed by atoms with Gasteiger partial charge in [0.2, 0.25) is 17.7 Å². The van der Waals surface area contributed by atoms with E-state index < -0.39 is 0 Å². The summed E-state index contributed by atoms with van der Waals surface area (Å²) in [7, 11) is 0. The smallest absolute Gasteiger partial charge is 0.254 e. The Kier molecular flexibility index (Phi) is 7.35. The van der Waals surface area contributed by atoms with Crippen LogP contribution in [0.15, 0.2) is 77.2 Å². The molecule has 1 N–H and O–H groups in total. The van der Waals surface area contributed by atoms with Crippen LogP contribution in [-0.2, 0) is 4.79 Å². The quantitative estimate of drug-likeness (QED) is 0.368. The molecular weight excluding hydrogens is 440 g/mol. The van der Waals surface area contributed by atoms with E-state index in [0.29, 0.717) is 29.5 Å². The summed E-state index contributed by atoms with van der Waals surface area (Å²) >= 11 is 0. The third kappa shape index (κ3) is 5.81. The number of rotatable bonds is 8. The zero-order chi connectivity index (χ0) is 24.8. The maximum Gasteiger partial charge on any atom is 0.254 e. The number of anilines is 1. The molecule has 7 heteroatoms. The van der Waals surface area contributed by atoms with Gasteiger partial charge < -0.3 is 14.6 Å². The molecule has 0 radical (unpaired) electrons. The van der Waals surface area contributed by atoms with Gasteiger partial charge in [-0.1, -0.05) is 42.8 Å². The number of carbonyl (C=O) groups excluding carboxylic acids is 2. The third-order valence-electron chi connectivity index (χ3n) is 5.64. The van der Waals surface area contributed by atoms with E-state index in [1.54, 1.807) is 29.2 Å². The minimum absolute atomic E-state index is 0.0215. The number of aryl methyl sites for hydroxylation is 2. The fraction of sp³-hybridized carbons (Fsp3) is 0.214. The number of para-hydroxylation sites is 1. The summed E-state index contributed by atoms with van der Waals surface area (Å²) in [6.07, 6.45) is 0.741. The van der Waals surface area contributed by atoms with Crippen LogP contribution in [0, 0.1) is 13.8 Å². The summed E-state index contributed by atoms with van der Waals surface area (Å²) in [5.41, 5.74) is 4.92. The zero-order valence-electron chi connectivity index (χ0n) is 20.1. The van der Waals surface area contributed by atoms with Crippen molar-refractivity contribution in [2.75, 3.05) is 18.4 Å². The first-order valence-corrected chi connectivity index (χ1v) is 11.6. The molecule has 3 aromatic carbocycles. The van der Waals surface area contributed by atoms with Gasteiger partial charge in [-0.25, -0.2) is 0 Å². The van der Waals surface area contributed by atoms with E-state index in [9.17, 15) is 9.59 Å². The molecule has 0 bridgehead atoms. The number of nitrogens with one attached hydrogen (secondary N) is 1. The molecule has 7 nitrogen and oxygen atoms in total. The first-order valence-electron chi connectivity index (χ1n) is 11.6. The van der Waals surface area contributed by atoms with E-state index in [2.05, 4.69) is 15.5 Å². The molecule has 2 amide bonds. The summed E-state index contributed by atoms with van der Waals surface area (Å²) in [6.45, 7) is 6.38. The van der Waals surface area contributed by atoms with Crippen molar-refractivity contribution in [1.29, 1.82) is 0 Å². The van der Waals surface area contributed by atoms with Crippen LogP contribution >= 0.6 is 0 Å². The molecular formula is C28H28N4O3. The van der Waals surface area contributed by atoms with Crippen LogP contribution in [0.5, 0.6) is 0 Å². The molecule has 1 aromatic heterocycles. The molecule has 0 spiro atoms. The molecule has 178 valence electrons. The fourth-order valence-electron chi connectivity index (χ4n) is 3.69. The molecule has 0 atom stereocenters. The van der Waals surface area contributed by atoms with E-state index in [-0.39, 0.29) is 18.4 Å². The van der Waals surface area contributed by atoms with E-state index >= 15 is 0 Å². The number of hydrogen-bond acceptors (Lipinski definition) is 5. The van der Waals surface area contributed by atoms with Gasteiger partial charge in [0.15, 0.2) is 0 Å². The third-order valence-corrected chi connectivity index (χ3v) is 5.64. The van der Waals surface area contributed by atoms with Gasteiger partial charge in [-0.2, -0.15) is 0 Å². The Balaban J connectivity index is 1.45. The number of nitrogens with zero attached hydrogens (tertiary/aromatic N) is 3. The number of amides is 2. The summed E-state index contributed by atoms with van der Waals surface area (Å²) < 4.78 is 5.83. The molecule has 0 saturated carbocycles. The molecule has 4 rings (SSSR count). The second-order valence-corrected chi connectivity index (χ2v) is 8.45. The zero-order valence-corrected chi connectivity index (χ0v) is 20.1. The fourth-order valence-corrected chi connectivity index (χ4v) is 3.69. The van der Waals surface area contributed by atoms with Gasteiger partial charge in [-0.15, -0.1) is 10.2 Å². The molecule has 35 heavy (non-hydrogen) atoms. The summed E-state index contributed by atoms with van der Waals surface area (Å²) in [5, 5.41) is 11.2. The van der Waals surface area contributed by atoms with Gasteiger partial charge in [0.1, 0.15) is 6.54 Å². The van der Waals surface area contributed by atoms with Gasteiger partial charge in [-0.05, 0) is 68.3 Å². The molecule has 0 aliphatic rings. The van der Waals surface area contributed by atoms with E-state index in [0.717, 1.165) is 28.8 Å². The number of carbonyl (C=O) groups is 2. The standard InChI is InChI=1S/C28H28N4O3/c1-4-17-32(18-25(33)29-24-8-6-5-7-20(24)3)28(34)23-15-13-22(14-16-23)27-31-30-26(35-27)21-11-9-19(2)10-12-21/h5-16H,4,17-18H2,1-3H3,(H,29,33). The van der Waals surface area contributed by atoms with Crippen LogP contribution in [0.2, 0.25) is 0 Å². The van der Waals surface area contributed by atoms with Gasteiger partial charge in [0, 0.05) is 28.9 Å². The van der Waals surface area contributed by atoms with Crippen LogP contribution in [0.3, 0.4) is 0 Å². The summed E-state index contributed by atoms with van der Waals surface area (Å²) in [5.74, 6) is 0.382. The van der Waals surface area contributed by atoms with Crippen molar-refractivity contribution in [3.8, 4) is 22.9 Å². The lowest BCUT2D eigenvalue weighted by Crippen LogP contribution is -2.38. The SMILES string of the molecule is CCCN(CC(=O)Nc1ccccc1C)C(=O)c1ccc(-c2nnc(-c3ccc(C)cc3)o2)cc1. The average Bonchev–Trinajstić information content (AvgIpc) is 3.36. The molecule has 0 saturated heterocycles. The first-order chi connectivity index (χ1) is 16.9. The van der Waals surface area contributed by atoms with Gasteiger partial charge in [0.05, 0.1) is 0 Å². The number of hydrogen-bond donors (Lipinski definition) is 1. The minimum Gasteiger partial charge on any atom is -0.416 e. The maximum atomic E-state index is 13.1. The number of aromatic nitrogens is 2. The minimum atomic E-state index is -0.229. The predicted molar refractivity (Wildman–Crippen MR) is 136 cm³/mol. The van der Waals surface area contributed by atoms with Crippen molar-refractivity contribution in [3.05, 3.63) is 89.5 Å². The molecule has 0 fully saturated rings. The van der Waals surface area contributed by atoms with Crippen molar-refractivity contribution >= 4 is 17.5 Å². The second kappa shape index (κ2) is 10.8. The van der Waals surface area contributed by atoms with Gasteiger partial charge in [0.25, 0.3) is 5.91 Å². The lowest BCUT2D eigenvalue weighted by atomic mass is 10.1. The highest BCUT2D eigenvalue weighted by atomic mass is 16.4. The molecule has 0 aliphatic carbocycles. The van der Waals surface area contributed by atoms with E-state index in [4.69, 9.17) is 4.42 Å². The van der Waals surface area contributed by atoms with Crippen LogP contribution in [0.4, 0.5) is 5.69 Å². The normalized spacial score (nSPS) is 10.7. The Morgan fingerprint density at radius 3 is 2.06 bits per heavy atom. The van der Waals surface area contributed by atoms with Crippen molar-refractivity contribution in [3.63, 3.8) is 0 Å². The molecule has 0 unspecified atom stereocenters. The lowest BCUT2D eigenvalue weighted by molar-refractivity contribution is -0.116. The van der Waals surface area contributed by atoms with Crippen LogP contribution < -0.4 is 5.32 Å². The Morgan fingerprint density at radius 2 is 1.46 bits per heavy atom. The topological polar surface area (TPSA) is 88.3 Å². The largest absolute Gasteiger partial charge is 0.416 e. The van der Waals surface area contributed by atoms with Crippen molar-refractivity contribution in [2.45, 2.75) is 27.2 Å².